The maximum Gasteiger partial charge on any atom is 0.138 e. The van der Waals surface area contributed by atoms with E-state index in [-0.39, 0.29) is 0 Å². The number of rotatable bonds is 8. The Morgan fingerprint density at radius 2 is 2.11 bits per heavy atom. The normalized spacial score (nSPS) is 10.3. The molecule has 0 saturated heterocycles. The third kappa shape index (κ3) is 5.21. The fourth-order valence-corrected chi connectivity index (χ4v) is 1.69. The molecular formula is C13H18ClNO2S. The van der Waals surface area contributed by atoms with Crippen LogP contribution in [0, 0.1) is 0 Å². The van der Waals surface area contributed by atoms with Gasteiger partial charge in [-0.15, -0.1) is 0 Å². The van der Waals surface area contributed by atoms with Gasteiger partial charge in [0.15, 0.2) is 0 Å². The fourth-order valence-electron chi connectivity index (χ4n) is 1.33. The first-order valence-corrected chi connectivity index (χ1v) is 6.73. The maximum atomic E-state index is 6.06. The summed E-state index contributed by atoms with van der Waals surface area (Å²) in [6, 6.07) is 5.27. The summed E-state index contributed by atoms with van der Waals surface area (Å²) in [6.45, 7) is 3.94. The highest BCUT2D eigenvalue weighted by Gasteiger charge is 2.04. The minimum absolute atomic E-state index is 0.325. The van der Waals surface area contributed by atoms with Crippen molar-refractivity contribution in [1.29, 1.82) is 0 Å². The molecule has 0 saturated carbocycles. The lowest BCUT2D eigenvalue weighted by atomic mass is 10.2. The lowest BCUT2D eigenvalue weighted by Crippen LogP contribution is -2.10. The Kier molecular flexibility index (Phi) is 7.01. The lowest BCUT2D eigenvalue weighted by molar-refractivity contribution is 0.0981. The predicted octanol–water partition coefficient (Wildman–Crippen LogP) is 3.17. The van der Waals surface area contributed by atoms with E-state index in [1.807, 2.05) is 0 Å². The van der Waals surface area contributed by atoms with Crippen molar-refractivity contribution < 1.29 is 9.47 Å². The summed E-state index contributed by atoms with van der Waals surface area (Å²) < 4.78 is 10.9. The van der Waals surface area contributed by atoms with Crippen molar-refractivity contribution >= 4 is 28.8 Å². The molecule has 1 rings (SSSR count). The molecule has 1 aromatic carbocycles. The second-order valence-corrected chi connectivity index (χ2v) is 4.67. The van der Waals surface area contributed by atoms with Crippen molar-refractivity contribution in [3.8, 4) is 5.75 Å². The molecule has 0 aliphatic carbocycles. The van der Waals surface area contributed by atoms with Gasteiger partial charge in [-0.1, -0.05) is 37.2 Å². The van der Waals surface area contributed by atoms with Gasteiger partial charge in [0.2, 0.25) is 0 Å². The van der Waals surface area contributed by atoms with E-state index in [0.717, 1.165) is 25.0 Å². The average molecular weight is 288 g/mol. The molecule has 0 radical (unpaired) electrons. The quantitative estimate of drug-likeness (QED) is 0.589. The van der Waals surface area contributed by atoms with Crippen LogP contribution in [-0.2, 0) is 4.74 Å². The second kappa shape index (κ2) is 8.29. The van der Waals surface area contributed by atoms with Gasteiger partial charge >= 0.3 is 0 Å². The summed E-state index contributed by atoms with van der Waals surface area (Å²) in [4.78, 5) is 0.325. The van der Waals surface area contributed by atoms with Crippen LogP contribution in [-0.4, -0.2) is 24.8 Å². The summed E-state index contributed by atoms with van der Waals surface area (Å²) in [7, 11) is 0. The van der Waals surface area contributed by atoms with Crippen molar-refractivity contribution in [2.75, 3.05) is 19.8 Å². The number of hydrogen-bond acceptors (Lipinski definition) is 3. The van der Waals surface area contributed by atoms with Gasteiger partial charge in [-0.3, -0.25) is 0 Å². The van der Waals surface area contributed by atoms with Crippen LogP contribution in [0.2, 0.25) is 5.02 Å². The van der Waals surface area contributed by atoms with Crippen LogP contribution < -0.4 is 10.5 Å². The Hall–Kier alpha value is -0.840. The molecule has 0 aliphatic heterocycles. The Morgan fingerprint density at radius 1 is 1.33 bits per heavy atom. The number of halogens is 1. The van der Waals surface area contributed by atoms with Gasteiger partial charge in [-0.25, -0.2) is 0 Å². The zero-order valence-corrected chi connectivity index (χ0v) is 12.0. The van der Waals surface area contributed by atoms with Gasteiger partial charge < -0.3 is 15.2 Å². The van der Waals surface area contributed by atoms with Crippen LogP contribution >= 0.6 is 23.8 Å². The van der Waals surface area contributed by atoms with Crippen molar-refractivity contribution in [2.45, 2.75) is 19.8 Å². The fraction of sp³-hybridized carbons (Fsp3) is 0.462. The van der Waals surface area contributed by atoms with Crippen molar-refractivity contribution in [3.05, 3.63) is 28.8 Å². The number of unbranched alkanes of at least 4 members (excludes halogenated alkanes) is 1. The van der Waals surface area contributed by atoms with Gasteiger partial charge in [0.25, 0.3) is 0 Å². The minimum Gasteiger partial charge on any atom is -0.490 e. The molecule has 2 N–H and O–H groups in total. The van der Waals surface area contributed by atoms with Crippen molar-refractivity contribution in [2.24, 2.45) is 5.73 Å². The van der Waals surface area contributed by atoms with E-state index in [9.17, 15) is 0 Å². The van der Waals surface area contributed by atoms with Gasteiger partial charge in [0.05, 0.1) is 11.6 Å². The molecule has 0 unspecified atom stereocenters. The molecular weight excluding hydrogens is 270 g/mol. The minimum atomic E-state index is 0.325. The molecule has 3 nitrogen and oxygen atoms in total. The van der Waals surface area contributed by atoms with Crippen LogP contribution in [0.1, 0.15) is 25.3 Å². The number of nitrogens with two attached hydrogens (primary N) is 1. The van der Waals surface area contributed by atoms with E-state index < -0.39 is 0 Å². The average Bonchev–Trinajstić information content (AvgIpc) is 2.35. The summed E-state index contributed by atoms with van der Waals surface area (Å²) in [5, 5.41) is 0.508. The number of thiocarbonyl (C=S) groups is 1. The summed E-state index contributed by atoms with van der Waals surface area (Å²) in [5.41, 5.74) is 6.25. The Morgan fingerprint density at radius 3 is 2.72 bits per heavy atom. The lowest BCUT2D eigenvalue weighted by Gasteiger charge is -2.09. The molecule has 1 aromatic rings. The first-order chi connectivity index (χ1) is 8.65. The van der Waals surface area contributed by atoms with E-state index in [1.54, 1.807) is 18.2 Å². The van der Waals surface area contributed by atoms with E-state index in [1.165, 1.54) is 0 Å². The molecule has 0 bridgehead atoms. The largest absolute Gasteiger partial charge is 0.490 e. The summed E-state index contributed by atoms with van der Waals surface area (Å²) in [5.74, 6) is 0.621. The molecule has 0 atom stereocenters. The van der Waals surface area contributed by atoms with Crippen LogP contribution in [0.15, 0.2) is 18.2 Å². The zero-order valence-electron chi connectivity index (χ0n) is 10.4. The summed E-state index contributed by atoms with van der Waals surface area (Å²) >= 11 is 10.9. The SMILES string of the molecule is CCCCOCCOc1ccc(C(N)=S)cc1Cl. The van der Waals surface area contributed by atoms with E-state index in [4.69, 9.17) is 39.0 Å². The van der Waals surface area contributed by atoms with Crippen molar-refractivity contribution in [1.82, 2.24) is 0 Å². The van der Waals surface area contributed by atoms with E-state index in [2.05, 4.69) is 6.92 Å². The second-order valence-electron chi connectivity index (χ2n) is 3.82. The molecule has 5 heteroatoms. The first-order valence-electron chi connectivity index (χ1n) is 5.95. The Balaban J connectivity index is 2.36. The van der Waals surface area contributed by atoms with Crippen LogP contribution in [0.25, 0.3) is 0 Å². The molecule has 0 spiro atoms. The number of hydrogen-bond donors (Lipinski definition) is 1. The molecule has 0 aliphatic rings. The molecule has 18 heavy (non-hydrogen) atoms. The molecule has 0 heterocycles. The van der Waals surface area contributed by atoms with Gasteiger partial charge in [-0.2, -0.15) is 0 Å². The highest BCUT2D eigenvalue weighted by molar-refractivity contribution is 7.80. The molecule has 100 valence electrons. The van der Waals surface area contributed by atoms with E-state index in [0.29, 0.717) is 29.0 Å². The van der Waals surface area contributed by atoms with Gasteiger partial charge in [-0.05, 0) is 24.6 Å². The van der Waals surface area contributed by atoms with Gasteiger partial charge in [0, 0.05) is 12.2 Å². The predicted molar refractivity (Wildman–Crippen MR) is 78.6 cm³/mol. The third-order valence-electron chi connectivity index (χ3n) is 2.34. The zero-order chi connectivity index (χ0) is 13.4. The smallest absolute Gasteiger partial charge is 0.138 e. The highest BCUT2D eigenvalue weighted by Crippen LogP contribution is 2.25. The van der Waals surface area contributed by atoms with Gasteiger partial charge in [0.1, 0.15) is 17.3 Å². The van der Waals surface area contributed by atoms with Crippen molar-refractivity contribution in [3.63, 3.8) is 0 Å². The van der Waals surface area contributed by atoms with Crippen LogP contribution in [0.5, 0.6) is 5.75 Å². The molecule has 0 aromatic heterocycles. The summed E-state index contributed by atoms with van der Waals surface area (Å²) in [6.07, 6.45) is 2.20. The number of benzene rings is 1. The highest BCUT2D eigenvalue weighted by atomic mass is 35.5. The van der Waals surface area contributed by atoms with Crippen LogP contribution in [0.3, 0.4) is 0 Å². The molecule has 0 fully saturated rings. The third-order valence-corrected chi connectivity index (χ3v) is 2.87. The monoisotopic (exact) mass is 287 g/mol. The number of ether oxygens (including phenoxy) is 2. The Bertz CT molecular complexity index is 399. The topological polar surface area (TPSA) is 44.5 Å². The maximum absolute atomic E-state index is 6.06. The first kappa shape index (κ1) is 15.2. The van der Waals surface area contributed by atoms with Crippen LogP contribution in [0.4, 0.5) is 0 Å². The van der Waals surface area contributed by atoms with E-state index >= 15 is 0 Å². The Labute approximate surface area is 118 Å². The standard InChI is InChI=1S/C13H18ClNO2S/c1-2-3-6-16-7-8-17-12-5-4-10(13(15)18)9-11(12)14/h4-5,9H,2-3,6-8H2,1H3,(H2,15,18). The molecule has 0 amide bonds.